The number of rotatable bonds is 4. The van der Waals surface area contributed by atoms with Gasteiger partial charge in [0.1, 0.15) is 12.5 Å². The fraction of sp³-hybridized carbons (Fsp3) is 0.500. The van der Waals surface area contributed by atoms with Crippen LogP contribution in [0.5, 0.6) is 0 Å². The summed E-state index contributed by atoms with van der Waals surface area (Å²) in [6, 6.07) is 5.42. The Labute approximate surface area is 101 Å². The van der Waals surface area contributed by atoms with Crippen LogP contribution in [0.1, 0.15) is 25.8 Å². The number of nitrogens with zero attached hydrogens (tertiary/aromatic N) is 1. The molecule has 1 rings (SSSR count). The summed E-state index contributed by atoms with van der Waals surface area (Å²) in [5.41, 5.74) is 1.69. The molecule has 1 aromatic rings. The van der Waals surface area contributed by atoms with Crippen molar-refractivity contribution in [2.45, 2.75) is 39.6 Å². The summed E-state index contributed by atoms with van der Waals surface area (Å²) in [5, 5.41) is 20.2. The van der Waals surface area contributed by atoms with Crippen LogP contribution >= 0.6 is 11.6 Å². The molecule has 3 nitrogen and oxygen atoms in total. The van der Waals surface area contributed by atoms with Crippen LogP contribution in [0.25, 0.3) is 0 Å². The Morgan fingerprint density at radius 2 is 2.00 bits per heavy atom. The van der Waals surface area contributed by atoms with Crippen LogP contribution < -0.4 is 4.90 Å². The molecule has 0 aliphatic heterocycles. The Hall–Kier alpha value is -0.770. The molecule has 0 aromatic heterocycles. The zero-order valence-electron chi connectivity index (χ0n) is 9.81. The van der Waals surface area contributed by atoms with Crippen molar-refractivity contribution >= 4 is 17.3 Å². The van der Waals surface area contributed by atoms with Crippen LogP contribution in [-0.4, -0.2) is 22.7 Å². The molecule has 0 spiro atoms. The molecule has 0 heterocycles. The van der Waals surface area contributed by atoms with E-state index >= 15 is 0 Å². The summed E-state index contributed by atoms with van der Waals surface area (Å²) in [6.45, 7) is 5.38. The molecule has 0 aliphatic carbocycles. The molecule has 0 radical (unpaired) electrons. The van der Waals surface area contributed by atoms with E-state index in [9.17, 15) is 10.2 Å². The van der Waals surface area contributed by atoms with E-state index in [0.29, 0.717) is 11.4 Å². The Balaban J connectivity index is 3.06. The number of aliphatic hydroxyl groups excluding tert-OH is 2. The molecule has 0 bridgehead atoms. The van der Waals surface area contributed by atoms with Crippen molar-refractivity contribution in [2.75, 3.05) is 4.90 Å². The molecule has 2 N–H and O–H groups in total. The van der Waals surface area contributed by atoms with Crippen molar-refractivity contribution in [2.24, 2.45) is 0 Å². The van der Waals surface area contributed by atoms with Gasteiger partial charge in [0, 0.05) is 10.7 Å². The van der Waals surface area contributed by atoms with E-state index in [2.05, 4.69) is 0 Å². The second kappa shape index (κ2) is 5.53. The van der Waals surface area contributed by atoms with E-state index in [1.165, 1.54) is 0 Å². The second-order valence-electron chi connectivity index (χ2n) is 3.86. The summed E-state index contributed by atoms with van der Waals surface area (Å²) in [5.74, 6) is 0. The van der Waals surface area contributed by atoms with Crippen molar-refractivity contribution in [1.29, 1.82) is 0 Å². The quantitative estimate of drug-likeness (QED) is 0.799. The van der Waals surface area contributed by atoms with Gasteiger partial charge in [0.15, 0.2) is 0 Å². The van der Waals surface area contributed by atoms with Gasteiger partial charge in [-0.25, -0.2) is 0 Å². The highest BCUT2D eigenvalue weighted by molar-refractivity contribution is 6.31. The van der Waals surface area contributed by atoms with E-state index < -0.39 is 12.5 Å². The van der Waals surface area contributed by atoms with Gasteiger partial charge in [-0.3, -0.25) is 0 Å². The first-order chi connectivity index (χ1) is 7.47. The smallest absolute Gasteiger partial charge is 0.128 e. The Morgan fingerprint density at radius 1 is 1.38 bits per heavy atom. The first-order valence-electron chi connectivity index (χ1n) is 5.38. The first-order valence-corrected chi connectivity index (χ1v) is 5.75. The summed E-state index contributed by atoms with van der Waals surface area (Å²) in [6.07, 6.45) is -0.886. The van der Waals surface area contributed by atoms with Gasteiger partial charge < -0.3 is 15.1 Å². The number of anilines is 1. The normalized spacial score (nSPS) is 14.6. The lowest BCUT2D eigenvalue weighted by Gasteiger charge is -2.32. The zero-order valence-corrected chi connectivity index (χ0v) is 10.6. The number of hydrogen-bond acceptors (Lipinski definition) is 3. The van der Waals surface area contributed by atoms with Crippen LogP contribution in [0.4, 0.5) is 5.69 Å². The lowest BCUT2D eigenvalue weighted by molar-refractivity contribution is 0.0915. The predicted molar refractivity (Wildman–Crippen MR) is 66.6 cm³/mol. The third kappa shape index (κ3) is 2.88. The van der Waals surface area contributed by atoms with Crippen LogP contribution in [0.2, 0.25) is 5.02 Å². The minimum absolute atomic E-state index is 0.548. The number of hydrogen-bond donors (Lipinski definition) is 2. The van der Waals surface area contributed by atoms with E-state index in [4.69, 9.17) is 11.6 Å². The lowest BCUT2D eigenvalue weighted by atomic mass is 10.2. The molecule has 2 atom stereocenters. The third-order valence-corrected chi connectivity index (χ3v) is 2.95. The highest BCUT2D eigenvalue weighted by Crippen LogP contribution is 2.25. The molecule has 0 amide bonds. The fourth-order valence-electron chi connectivity index (χ4n) is 1.62. The van der Waals surface area contributed by atoms with Gasteiger partial charge in [-0.2, -0.15) is 0 Å². The van der Waals surface area contributed by atoms with Crippen molar-refractivity contribution in [3.8, 4) is 0 Å². The largest absolute Gasteiger partial charge is 0.374 e. The maximum Gasteiger partial charge on any atom is 0.128 e. The summed E-state index contributed by atoms with van der Waals surface area (Å²) in [7, 11) is 0. The van der Waals surface area contributed by atoms with Crippen molar-refractivity contribution in [3.63, 3.8) is 0 Å². The lowest BCUT2D eigenvalue weighted by Crippen LogP contribution is -2.41. The van der Waals surface area contributed by atoms with Gasteiger partial charge in [0.05, 0.1) is 0 Å². The molecule has 16 heavy (non-hydrogen) atoms. The molecule has 0 saturated heterocycles. The highest BCUT2D eigenvalue weighted by atomic mass is 35.5. The molecule has 4 heteroatoms. The molecule has 0 fully saturated rings. The van der Waals surface area contributed by atoms with Crippen LogP contribution in [0, 0.1) is 6.92 Å². The molecule has 2 unspecified atom stereocenters. The number of aliphatic hydroxyl groups is 2. The standard InChI is InChI=1S/C12H18ClNO2/c1-4-12(16)14(9(3)15)10-5-6-11(13)8(2)7-10/h5-7,9,12,15-16H,4H2,1-3H3. The summed E-state index contributed by atoms with van der Waals surface area (Å²) < 4.78 is 0. The van der Waals surface area contributed by atoms with Crippen LogP contribution in [0.15, 0.2) is 18.2 Å². The van der Waals surface area contributed by atoms with Gasteiger partial charge in [0.2, 0.25) is 0 Å². The van der Waals surface area contributed by atoms with E-state index in [1.54, 1.807) is 24.0 Å². The highest BCUT2D eigenvalue weighted by Gasteiger charge is 2.19. The van der Waals surface area contributed by atoms with Gasteiger partial charge in [0.25, 0.3) is 0 Å². The minimum atomic E-state index is -0.740. The van der Waals surface area contributed by atoms with E-state index in [-0.39, 0.29) is 0 Å². The van der Waals surface area contributed by atoms with E-state index in [0.717, 1.165) is 11.3 Å². The molecule has 1 aromatic carbocycles. The monoisotopic (exact) mass is 243 g/mol. The van der Waals surface area contributed by atoms with Crippen LogP contribution in [0.3, 0.4) is 0 Å². The summed E-state index contributed by atoms with van der Waals surface area (Å²) >= 11 is 5.93. The molecule has 0 saturated carbocycles. The van der Waals surface area contributed by atoms with Gasteiger partial charge in [-0.1, -0.05) is 18.5 Å². The van der Waals surface area contributed by atoms with Crippen LogP contribution in [-0.2, 0) is 0 Å². The minimum Gasteiger partial charge on any atom is -0.374 e. The molecule has 0 aliphatic rings. The third-order valence-electron chi connectivity index (χ3n) is 2.53. The van der Waals surface area contributed by atoms with Gasteiger partial charge in [-0.05, 0) is 44.0 Å². The predicted octanol–water partition coefficient (Wildman–Crippen LogP) is 2.52. The first kappa shape index (κ1) is 13.3. The number of halogens is 1. The van der Waals surface area contributed by atoms with Crippen molar-refractivity contribution < 1.29 is 10.2 Å². The SMILES string of the molecule is CCC(O)N(c1ccc(Cl)c(C)c1)C(C)O. The average molecular weight is 244 g/mol. The van der Waals surface area contributed by atoms with Crippen molar-refractivity contribution in [3.05, 3.63) is 28.8 Å². The topological polar surface area (TPSA) is 43.7 Å². The zero-order chi connectivity index (χ0) is 12.3. The van der Waals surface area contributed by atoms with Gasteiger partial charge in [-0.15, -0.1) is 0 Å². The summed E-state index contributed by atoms with van der Waals surface area (Å²) in [4.78, 5) is 1.56. The van der Waals surface area contributed by atoms with Gasteiger partial charge >= 0.3 is 0 Å². The number of aryl methyl sites for hydroxylation is 1. The maximum absolute atomic E-state index is 9.83. The Kier molecular flexibility index (Phi) is 4.59. The van der Waals surface area contributed by atoms with Crippen molar-refractivity contribution in [1.82, 2.24) is 0 Å². The number of benzene rings is 1. The molecular weight excluding hydrogens is 226 g/mol. The molecule has 90 valence electrons. The average Bonchev–Trinajstić information content (AvgIpc) is 2.22. The molecular formula is C12H18ClNO2. The Morgan fingerprint density at radius 3 is 2.44 bits per heavy atom. The maximum atomic E-state index is 9.83. The second-order valence-corrected chi connectivity index (χ2v) is 4.27. The van der Waals surface area contributed by atoms with E-state index in [1.807, 2.05) is 19.9 Å². The Bertz CT molecular complexity index is 355. The fourth-order valence-corrected chi connectivity index (χ4v) is 1.74.